The van der Waals surface area contributed by atoms with Crippen LogP contribution in [-0.2, 0) is 23.8 Å². The topological polar surface area (TPSA) is 76.0 Å². The van der Waals surface area contributed by atoms with Crippen molar-refractivity contribution in [3.8, 4) is 0 Å². The van der Waals surface area contributed by atoms with E-state index in [0.29, 0.717) is 12.1 Å². The van der Waals surface area contributed by atoms with Crippen molar-refractivity contribution >= 4 is 22.8 Å². The lowest BCUT2D eigenvalue weighted by Crippen LogP contribution is -2.44. The minimum atomic E-state index is -0.653. The van der Waals surface area contributed by atoms with E-state index in [9.17, 15) is 9.59 Å². The fourth-order valence-corrected chi connectivity index (χ4v) is 3.14. The van der Waals surface area contributed by atoms with Crippen molar-refractivity contribution in [2.45, 2.75) is 45.7 Å². The summed E-state index contributed by atoms with van der Waals surface area (Å²) >= 11 is 0. The van der Waals surface area contributed by atoms with Crippen molar-refractivity contribution in [1.82, 2.24) is 20.2 Å². The third kappa shape index (κ3) is 4.65. The molecule has 1 unspecified atom stereocenters. The maximum atomic E-state index is 12.5. The van der Waals surface area contributed by atoms with E-state index in [1.165, 1.54) is 0 Å². The molecule has 0 bridgehead atoms. The number of carbonyl (C=O) groups is 2. The zero-order valence-corrected chi connectivity index (χ0v) is 17.6. The van der Waals surface area contributed by atoms with E-state index in [4.69, 9.17) is 0 Å². The highest BCUT2D eigenvalue weighted by atomic mass is 16.2. The van der Waals surface area contributed by atoms with Crippen LogP contribution in [0.4, 0.5) is 0 Å². The van der Waals surface area contributed by atoms with Crippen molar-refractivity contribution < 1.29 is 9.59 Å². The summed E-state index contributed by atoms with van der Waals surface area (Å²) in [6.07, 6.45) is 0. The minimum Gasteiger partial charge on any atom is -0.347 e. The Morgan fingerprint density at radius 2 is 1.72 bits per heavy atom. The molecule has 2 N–H and O–H groups in total. The highest BCUT2D eigenvalue weighted by molar-refractivity contribution is 5.97. The van der Waals surface area contributed by atoms with Gasteiger partial charge in [-0.1, -0.05) is 45.0 Å². The largest absolute Gasteiger partial charge is 0.347 e. The van der Waals surface area contributed by atoms with Crippen LogP contribution in [0.1, 0.15) is 49.4 Å². The standard InChI is InChI=1S/C23H28N4O2/c1-15(25-22(29)16-10-12-17(13-11-16)23(2,3)4)21(28)24-14-20-26-18-8-6-7-9-19(18)27(20)5/h6-13,15H,14H2,1-5H3,(H,24,28)(H,25,29). The number of rotatable bonds is 5. The van der Waals surface area contributed by atoms with Gasteiger partial charge in [0.05, 0.1) is 17.6 Å². The second kappa shape index (κ2) is 8.07. The van der Waals surface area contributed by atoms with Crippen molar-refractivity contribution in [1.29, 1.82) is 0 Å². The molecule has 0 aliphatic heterocycles. The number of aromatic nitrogens is 2. The van der Waals surface area contributed by atoms with E-state index >= 15 is 0 Å². The number of hydrogen-bond donors (Lipinski definition) is 2. The minimum absolute atomic E-state index is 0.0258. The van der Waals surface area contributed by atoms with Gasteiger partial charge in [-0.05, 0) is 42.2 Å². The fourth-order valence-electron chi connectivity index (χ4n) is 3.14. The molecular weight excluding hydrogens is 364 g/mol. The van der Waals surface area contributed by atoms with Gasteiger partial charge < -0.3 is 15.2 Å². The number of para-hydroxylation sites is 2. The summed E-state index contributed by atoms with van der Waals surface area (Å²) in [5, 5.41) is 5.60. The summed E-state index contributed by atoms with van der Waals surface area (Å²) < 4.78 is 1.95. The Hall–Kier alpha value is -3.15. The van der Waals surface area contributed by atoms with Crippen molar-refractivity contribution in [3.05, 3.63) is 65.5 Å². The molecule has 0 spiro atoms. The Labute approximate surface area is 171 Å². The van der Waals surface area contributed by atoms with Gasteiger partial charge in [-0.3, -0.25) is 9.59 Å². The Bertz CT molecular complexity index is 1030. The Morgan fingerprint density at radius 1 is 1.07 bits per heavy atom. The lowest BCUT2D eigenvalue weighted by atomic mass is 9.86. The molecule has 3 rings (SSSR count). The maximum Gasteiger partial charge on any atom is 0.251 e. The molecule has 0 aliphatic rings. The number of amides is 2. The zero-order valence-electron chi connectivity index (χ0n) is 17.6. The quantitative estimate of drug-likeness (QED) is 0.699. The van der Waals surface area contributed by atoms with Crippen molar-refractivity contribution in [2.75, 3.05) is 0 Å². The third-order valence-electron chi connectivity index (χ3n) is 5.05. The second-order valence-corrected chi connectivity index (χ2v) is 8.32. The average molecular weight is 393 g/mol. The molecule has 0 saturated carbocycles. The van der Waals surface area contributed by atoms with Crippen LogP contribution in [0, 0.1) is 0 Å². The summed E-state index contributed by atoms with van der Waals surface area (Å²) in [7, 11) is 1.92. The first kappa shape index (κ1) is 20.6. The Morgan fingerprint density at radius 3 is 2.34 bits per heavy atom. The molecule has 0 fully saturated rings. The molecular formula is C23H28N4O2. The lowest BCUT2D eigenvalue weighted by Gasteiger charge is -2.19. The first-order valence-electron chi connectivity index (χ1n) is 9.76. The van der Waals surface area contributed by atoms with Gasteiger partial charge in [0, 0.05) is 12.6 Å². The number of hydrogen-bond acceptors (Lipinski definition) is 3. The summed E-state index contributed by atoms with van der Waals surface area (Å²) in [6, 6.07) is 14.6. The van der Waals surface area contributed by atoms with E-state index in [2.05, 4.69) is 36.4 Å². The van der Waals surface area contributed by atoms with Gasteiger partial charge in [-0.2, -0.15) is 0 Å². The van der Waals surface area contributed by atoms with Crippen LogP contribution in [0.3, 0.4) is 0 Å². The molecule has 2 aromatic carbocycles. The smallest absolute Gasteiger partial charge is 0.251 e. The van der Waals surface area contributed by atoms with Crippen LogP contribution < -0.4 is 10.6 Å². The van der Waals surface area contributed by atoms with Gasteiger partial charge in [-0.15, -0.1) is 0 Å². The molecule has 1 heterocycles. The summed E-state index contributed by atoms with van der Waals surface area (Å²) in [6.45, 7) is 8.34. The van der Waals surface area contributed by atoms with Crippen LogP contribution >= 0.6 is 0 Å². The van der Waals surface area contributed by atoms with Crippen LogP contribution in [0.15, 0.2) is 48.5 Å². The van der Waals surface area contributed by atoms with Gasteiger partial charge in [0.2, 0.25) is 5.91 Å². The molecule has 2 amide bonds. The number of imidazole rings is 1. The monoisotopic (exact) mass is 392 g/mol. The van der Waals surface area contributed by atoms with E-state index in [0.717, 1.165) is 22.4 Å². The molecule has 6 heteroatoms. The molecule has 1 aromatic heterocycles. The number of nitrogens with zero attached hydrogens (tertiary/aromatic N) is 2. The van der Waals surface area contributed by atoms with Crippen molar-refractivity contribution in [3.63, 3.8) is 0 Å². The molecule has 0 saturated heterocycles. The highest BCUT2D eigenvalue weighted by Gasteiger charge is 2.19. The predicted molar refractivity (Wildman–Crippen MR) is 115 cm³/mol. The zero-order chi connectivity index (χ0) is 21.2. The van der Waals surface area contributed by atoms with Gasteiger partial charge >= 0.3 is 0 Å². The molecule has 29 heavy (non-hydrogen) atoms. The van der Waals surface area contributed by atoms with Crippen LogP contribution in [0.25, 0.3) is 11.0 Å². The van der Waals surface area contributed by atoms with E-state index in [-0.39, 0.29) is 17.2 Å². The van der Waals surface area contributed by atoms with Gasteiger partial charge in [-0.25, -0.2) is 4.98 Å². The number of benzene rings is 2. The number of nitrogens with one attached hydrogen (secondary N) is 2. The highest BCUT2D eigenvalue weighted by Crippen LogP contribution is 2.22. The van der Waals surface area contributed by atoms with Gasteiger partial charge in [0.25, 0.3) is 5.91 Å². The first-order valence-corrected chi connectivity index (χ1v) is 9.76. The number of carbonyl (C=O) groups excluding carboxylic acids is 2. The number of fused-ring (bicyclic) bond motifs is 1. The van der Waals surface area contributed by atoms with E-state index in [1.54, 1.807) is 19.1 Å². The second-order valence-electron chi connectivity index (χ2n) is 8.32. The molecule has 152 valence electrons. The van der Waals surface area contributed by atoms with Crippen LogP contribution in [0.5, 0.6) is 0 Å². The normalized spacial score (nSPS) is 12.6. The van der Waals surface area contributed by atoms with Crippen molar-refractivity contribution in [2.24, 2.45) is 7.05 Å². The predicted octanol–water partition coefficient (Wildman–Crippen LogP) is 3.31. The SMILES string of the molecule is CC(NC(=O)c1ccc(C(C)(C)C)cc1)C(=O)NCc1nc2ccccc2n1C. The Balaban J connectivity index is 1.58. The molecule has 0 aliphatic carbocycles. The molecule has 3 aromatic rings. The maximum absolute atomic E-state index is 12.5. The fraction of sp³-hybridized carbons (Fsp3) is 0.348. The van der Waals surface area contributed by atoms with Crippen LogP contribution in [0.2, 0.25) is 0 Å². The Kier molecular flexibility index (Phi) is 5.73. The van der Waals surface area contributed by atoms with E-state index < -0.39 is 6.04 Å². The molecule has 6 nitrogen and oxygen atoms in total. The molecule has 1 atom stereocenters. The van der Waals surface area contributed by atoms with Crippen LogP contribution in [-0.4, -0.2) is 27.4 Å². The van der Waals surface area contributed by atoms with E-state index in [1.807, 2.05) is 48.0 Å². The lowest BCUT2D eigenvalue weighted by molar-refractivity contribution is -0.122. The summed E-state index contributed by atoms with van der Waals surface area (Å²) in [4.78, 5) is 29.4. The molecule has 0 radical (unpaired) electrons. The third-order valence-corrected chi connectivity index (χ3v) is 5.05. The first-order chi connectivity index (χ1) is 13.7. The average Bonchev–Trinajstić information content (AvgIpc) is 3.01. The number of aryl methyl sites for hydroxylation is 1. The summed E-state index contributed by atoms with van der Waals surface area (Å²) in [5.41, 5.74) is 3.62. The van der Waals surface area contributed by atoms with Gasteiger partial charge in [0.15, 0.2) is 0 Å². The van der Waals surface area contributed by atoms with Gasteiger partial charge in [0.1, 0.15) is 11.9 Å². The summed E-state index contributed by atoms with van der Waals surface area (Å²) in [5.74, 6) is 0.239.